The molecule has 1 atom stereocenters. The molecule has 0 radical (unpaired) electrons. The van der Waals surface area contributed by atoms with E-state index in [9.17, 15) is 4.79 Å². The van der Waals surface area contributed by atoms with E-state index in [1.165, 1.54) is 11.8 Å². The maximum Gasteiger partial charge on any atom is 0.307 e. The Kier molecular flexibility index (Phi) is 4.29. The highest BCUT2D eigenvalue weighted by molar-refractivity contribution is 7.99. The first kappa shape index (κ1) is 11.4. The molecule has 1 unspecified atom stereocenters. The second-order valence-electron chi connectivity index (χ2n) is 3.00. The van der Waals surface area contributed by atoms with Gasteiger partial charge < -0.3 is 5.11 Å². The Bertz CT molecular complexity index is 310. The molecule has 0 aliphatic rings. The molecule has 0 fully saturated rings. The van der Waals surface area contributed by atoms with Crippen LogP contribution in [0.1, 0.15) is 6.92 Å². The number of hydrogen-bond donors (Lipinski definition) is 1. The van der Waals surface area contributed by atoms with Crippen LogP contribution in [0, 0.1) is 5.92 Å². The van der Waals surface area contributed by atoms with Crippen LogP contribution in [-0.4, -0.2) is 16.8 Å². The van der Waals surface area contributed by atoms with Crippen LogP contribution in [0.3, 0.4) is 0 Å². The summed E-state index contributed by atoms with van der Waals surface area (Å²) < 4.78 is 0. The van der Waals surface area contributed by atoms with E-state index in [0.717, 1.165) is 4.90 Å². The van der Waals surface area contributed by atoms with Gasteiger partial charge in [0.1, 0.15) is 0 Å². The minimum Gasteiger partial charge on any atom is -0.481 e. The van der Waals surface area contributed by atoms with Crippen molar-refractivity contribution in [3.8, 4) is 0 Å². The molecule has 0 amide bonds. The van der Waals surface area contributed by atoms with Crippen molar-refractivity contribution in [1.29, 1.82) is 0 Å². The molecule has 0 bridgehead atoms. The van der Waals surface area contributed by atoms with Crippen LogP contribution in [0.15, 0.2) is 29.2 Å². The van der Waals surface area contributed by atoms with Gasteiger partial charge in [0, 0.05) is 15.7 Å². The maximum atomic E-state index is 10.5. The summed E-state index contributed by atoms with van der Waals surface area (Å²) in [6.45, 7) is 1.70. The van der Waals surface area contributed by atoms with Crippen molar-refractivity contribution < 1.29 is 9.90 Å². The van der Waals surface area contributed by atoms with Crippen molar-refractivity contribution >= 4 is 29.3 Å². The molecule has 0 aliphatic heterocycles. The third-order valence-electron chi connectivity index (χ3n) is 1.74. The number of carboxylic acids is 1. The van der Waals surface area contributed by atoms with Crippen LogP contribution >= 0.6 is 23.4 Å². The van der Waals surface area contributed by atoms with Crippen LogP contribution in [0.25, 0.3) is 0 Å². The minimum absolute atomic E-state index is 0.323. The van der Waals surface area contributed by atoms with Crippen LogP contribution in [0.5, 0.6) is 0 Å². The Labute approximate surface area is 92.3 Å². The largest absolute Gasteiger partial charge is 0.481 e. The summed E-state index contributed by atoms with van der Waals surface area (Å²) in [6, 6.07) is 7.38. The zero-order valence-electron chi connectivity index (χ0n) is 7.74. The zero-order valence-corrected chi connectivity index (χ0v) is 9.31. The standard InChI is InChI=1S/C10H11ClO2S/c1-7(10(12)13)6-14-9-4-2-8(11)3-5-9/h2-5,7H,6H2,1H3,(H,12,13). The van der Waals surface area contributed by atoms with Crippen molar-refractivity contribution in [2.45, 2.75) is 11.8 Å². The smallest absolute Gasteiger partial charge is 0.307 e. The Morgan fingerprint density at radius 2 is 2.07 bits per heavy atom. The SMILES string of the molecule is CC(CSc1ccc(Cl)cc1)C(=O)O. The number of benzene rings is 1. The molecule has 2 nitrogen and oxygen atoms in total. The summed E-state index contributed by atoms with van der Waals surface area (Å²) in [6.07, 6.45) is 0. The van der Waals surface area contributed by atoms with Crippen molar-refractivity contribution in [3.05, 3.63) is 29.3 Å². The minimum atomic E-state index is -0.758. The second kappa shape index (κ2) is 5.27. The average Bonchev–Trinajstić information content (AvgIpc) is 2.16. The average molecular weight is 231 g/mol. The van der Waals surface area contributed by atoms with Gasteiger partial charge in [-0.05, 0) is 24.3 Å². The van der Waals surface area contributed by atoms with Gasteiger partial charge in [-0.15, -0.1) is 11.8 Å². The lowest BCUT2D eigenvalue weighted by Crippen LogP contribution is -2.11. The fourth-order valence-electron chi connectivity index (χ4n) is 0.823. The summed E-state index contributed by atoms with van der Waals surface area (Å²) in [5.74, 6) is -0.501. The highest BCUT2D eigenvalue weighted by Crippen LogP contribution is 2.22. The van der Waals surface area contributed by atoms with Crippen LogP contribution < -0.4 is 0 Å². The molecule has 0 saturated heterocycles. The van der Waals surface area contributed by atoms with E-state index < -0.39 is 5.97 Å². The van der Waals surface area contributed by atoms with E-state index in [1.807, 2.05) is 12.1 Å². The summed E-state index contributed by atoms with van der Waals surface area (Å²) in [5, 5.41) is 9.36. The Morgan fingerprint density at radius 3 is 2.57 bits per heavy atom. The van der Waals surface area contributed by atoms with Gasteiger partial charge in [0.25, 0.3) is 0 Å². The molecule has 0 aliphatic carbocycles. The summed E-state index contributed by atoms with van der Waals surface area (Å²) in [4.78, 5) is 11.6. The summed E-state index contributed by atoms with van der Waals surface area (Å²) >= 11 is 7.25. The molecular formula is C10H11ClO2S. The number of carboxylic acid groups (broad SMARTS) is 1. The maximum absolute atomic E-state index is 10.5. The van der Waals surface area contributed by atoms with E-state index in [-0.39, 0.29) is 5.92 Å². The normalized spacial score (nSPS) is 12.4. The molecule has 4 heteroatoms. The zero-order chi connectivity index (χ0) is 10.6. The third kappa shape index (κ3) is 3.60. The quantitative estimate of drug-likeness (QED) is 0.808. The van der Waals surface area contributed by atoms with Gasteiger partial charge in [0.15, 0.2) is 0 Å². The molecule has 1 aromatic carbocycles. The van der Waals surface area contributed by atoms with E-state index in [4.69, 9.17) is 16.7 Å². The molecular weight excluding hydrogens is 220 g/mol. The topological polar surface area (TPSA) is 37.3 Å². The van der Waals surface area contributed by atoms with Gasteiger partial charge in [-0.25, -0.2) is 0 Å². The lowest BCUT2D eigenvalue weighted by Gasteiger charge is -2.05. The number of halogens is 1. The lowest BCUT2D eigenvalue weighted by atomic mass is 10.2. The lowest BCUT2D eigenvalue weighted by molar-refractivity contribution is -0.140. The van der Waals surface area contributed by atoms with Gasteiger partial charge >= 0.3 is 5.97 Å². The number of hydrogen-bond acceptors (Lipinski definition) is 2. The number of rotatable bonds is 4. The van der Waals surface area contributed by atoms with Gasteiger partial charge in [0.2, 0.25) is 0 Å². The number of thioether (sulfide) groups is 1. The fourth-order valence-corrected chi connectivity index (χ4v) is 1.86. The molecule has 0 heterocycles. The van der Waals surface area contributed by atoms with Crippen molar-refractivity contribution in [1.82, 2.24) is 0 Å². The first-order chi connectivity index (χ1) is 6.59. The molecule has 1 rings (SSSR count). The highest BCUT2D eigenvalue weighted by atomic mass is 35.5. The van der Waals surface area contributed by atoms with Gasteiger partial charge in [-0.1, -0.05) is 18.5 Å². The van der Waals surface area contributed by atoms with Gasteiger partial charge in [-0.2, -0.15) is 0 Å². The van der Waals surface area contributed by atoms with Crippen LogP contribution in [-0.2, 0) is 4.79 Å². The Morgan fingerprint density at radius 1 is 1.50 bits per heavy atom. The molecule has 76 valence electrons. The Balaban J connectivity index is 2.46. The number of carbonyl (C=O) groups is 1. The van der Waals surface area contributed by atoms with Crippen molar-refractivity contribution in [2.75, 3.05) is 5.75 Å². The fraction of sp³-hybridized carbons (Fsp3) is 0.300. The van der Waals surface area contributed by atoms with Crippen LogP contribution in [0.2, 0.25) is 5.02 Å². The first-order valence-electron chi connectivity index (χ1n) is 4.21. The predicted molar refractivity (Wildman–Crippen MR) is 59.0 cm³/mol. The molecule has 0 spiro atoms. The molecule has 1 N–H and O–H groups in total. The van der Waals surface area contributed by atoms with E-state index >= 15 is 0 Å². The second-order valence-corrected chi connectivity index (χ2v) is 4.53. The predicted octanol–water partition coefficient (Wildman–Crippen LogP) is 3.15. The van der Waals surface area contributed by atoms with Crippen molar-refractivity contribution in [3.63, 3.8) is 0 Å². The van der Waals surface area contributed by atoms with Crippen molar-refractivity contribution in [2.24, 2.45) is 5.92 Å². The molecule has 14 heavy (non-hydrogen) atoms. The highest BCUT2D eigenvalue weighted by Gasteiger charge is 2.10. The van der Waals surface area contributed by atoms with E-state index in [0.29, 0.717) is 10.8 Å². The summed E-state index contributed by atoms with van der Waals surface area (Å²) in [7, 11) is 0. The van der Waals surface area contributed by atoms with E-state index in [2.05, 4.69) is 0 Å². The Hall–Kier alpha value is -0.670. The molecule has 1 aromatic rings. The van der Waals surface area contributed by atoms with E-state index in [1.54, 1.807) is 19.1 Å². The third-order valence-corrected chi connectivity index (χ3v) is 3.26. The molecule has 0 saturated carbocycles. The first-order valence-corrected chi connectivity index (χ1v) is 5.57. The summed E-state index contributed by atoms with van der Waals surface area (Å²) in [5.41, 5.74) is 0. The molecule has 0 aromatic heterocycles. The van der Waals surface area contributed by atoms with Gasteiger partial charge in [-0.3, -0.25) is 4.79 Å². The number of aliphatic carboxylic acids is 1. The monoisotopic (exact) mass is 230 g/mol. The van der Waals surface area contributed by atoms with Gasteiger partial charge in [0.05, 0.1) is 5.92 Å². The van der Waals surface area contributed by atoms with Crippen LogP contribution in [0.4, 0.5) is 0 Å².